The van der Waals surface area contributed by atoms with Crippen molar-refractivity contribution in [2.45, 2.75) is 12.3 Å². The smallest absolute Gasteiger partial charge is 0.226 e. The Bertz CT molecular complexity index is 982. The lowest BCUT2D eigenvalue weighted by Crippen LogP contribution is -2.24. The summed E-state index contributed by atoms with van der Waals surface area (Å²) < 4.78 is 19.9. The van der Waals surface area contributed by atoms with Gasteiger partial charge in [-0.1, -0.05) is 6.07 Å². The summed E-state index contributed by atoms with van der Waals surface area (Å²) in [6, 6.07) is 10.9. The van der Waals surface area contributed by atoms with Crippen LogP contribution in [0, 0.1) is 5.82 Å². The second kappa shape index (κ2) is 6.18. The summed E-state index contributed by atoms with van der Waals surface area (Å²) in [6.07, 6.45) is 1.96. The number of hydrogen-bond acceptors (Lipinski definition) is 4. The summed E-state index contributed by atoms with van der Waals surface area (Å²) in [7, 11) is 1.48. The Kier molecular flexibility index (Phi) is 3.84. The molecule has 3 aromatic rings. The Morgan fingerprint density at radius 2 is 2.04 bits per heavy atom. The van der Waals surface area contributed by atoms with Crippen LogP contribution in [0.3, 0.4) is 0 Å². The van der Waals surface area contributed by atoms with Crippen LogP contribution >= 0.6 is 0 Å². The number of methoxy groups -OCH3 is 1. The Morgan fingerprint density at radius 1 is 1.27 bits per heavy atom. The van der Waals surface area contributed by atoms with Crippen molar-refractivity contribution in [1.82, 2.24) is 9.78 Å². The number of fused-ring (bicyclic) bond motifs is 1. The van der Waals surface area contributed by atoms with E-state index in [2.05, 4.69) is 10.4 Å². The predicted molar refractivity (Wildman–Crippen MR) is 93.3 cm³/mol. The first-order chi connectivity index (χ1) is 12.6. The van der Waals surface area contributed by atoms with Gasteiger partial charge in [0.05, 0.1) is 19.0 Å². The minimum atomic E-state index is -0.340. The molecule has 7 heteroatoms. The maximum Gasteiger partial charge on any atom is 0.226 e. The van der Waals surface area contributed by atoms with Crippen LogP contribution in [0.25, 0.3) is 5.69 Å². The van der Waals surface area contributed by atoms with E-state index in [9.17, 15) is 14.3 Å². The molecule has 0 spiro atoms. The summed E-state index contributed by atoms with van der Waals surface area (Å²) in [4.78, 5) is 12.3. The standard InChI is InChI=1S/C19H16FN3O3/c1-26-17-8-11(2-7-16(17)24)14-9-18(25)22-19-15(14)10-21-23(19)13-5-3-12(20)4-6-13/h2-8,10,14,24H,9H2,1H3,(H,22,25)/t14-/m1/s1. The van der Waals surface area contributed by atoms with Crippen LogP contribution < -0.4 is 10.1 Å². The Morgan fingerprint density at radius 3 is 2.77 bits per heavy atom. The fourth-order valence-electron chi connectivity index (χ4n) is 3.21. The summed E-state index contributed by atoms with van der Waals surface area (Å²) in [6.45, 7) is 0. The third-order valence-electron chi connectivity index (χ3n) is 4.50. The van der Waals surface area contributed by atoms with E-state index >= 15 is 0 Å². The van der Waals surface area contributed by atoms with E-state index in [-0.39, 0.29) is 29.8 Å². The van der Waals surface area contributed by atoms with Crippen LogP contribution in [0.5, 0.6) is 11.5 Å². The molecule has 132 valence electrons. The topological polar surface area (TPSA) is 76.4 Å². The molecule has 1 atom stereocenters. The number of aromatic nitrogens is 2. The van der Waals surface area contributed by atoms with Crippen molar-refractivity contribution in [3.63, 3.8) is 0 Å². The van der Waals surface area contributed by atoms with E-state index in [0.717, 1.165) is 11.1 Å². The molecule has 0 aliphatic carbocycles. The number of benzene rings is 2. The van der Waals surface area contributed by atoms with Crippen LogP contribution in [-0.2, 0) is 4.79 Å². The third kappa shape index (κ3) is 2.67. The second-order valence-corrected chi connectivity index (χ2v) is 6.07. The van der Waals surface area contributed by atoms with Gasteiger partial charge in [-0.2, -0.15) is 5.10 Å². The normalized spacial score (nSPS) is 16.1. The van der Waals surface area contributed by atoms with Crippen LogP contribution in [0.4, 0.5) is 10.2 Å². The molecule has 0 saturated carbocycles. The molecule has 26 heavy (non-hydrogen) atoms. The van der Waals surface area contributed by atoms with Crippen LogP contribution in [0.1, 0.15) is 23.5 Å². The maximum atomic E-state index is 13.2. The first-order valence-corrected chi connectivity index (χ1v) is 8.07. The SMILES string of the molecule is COc1cc([C@H]2CC(=O)Nc3c2cnn3-c2ccc(F)cc2)ccc1O. The minimum absolute atomic E-state index is 0.0405. The predicted octanol–water partition coefficient (Wildman–Crippen LogP) is 3.20. The highest BCUT2D eigenvalue weighted by atomic mass is 19.1. The quantitative estimate of drug-likeness (QED) is 0.758. The number of rotatable bonds is 3. The highest BCUT2D eigenvalue weighted by Gasteiger charge is 2.30. The Balaban J connectivity index is 1.80. The average Bonchev–Trinajstić information content (AvgIpc) is 3.06. The first-order valence-electron chi connectivity index (χ1n) is 8.07. The molecule has 0 radical (unpaired) electrons. The minimum Gasteiger partial charge on any atom is -0.504 e. The summed E-state index contributed by atoms with van der Waals surface area (Å²) >= 11 is 0. The van der Waals surface area contributed by atoms with Gasteiger partial charge < -0.3 is 15.2 Å². The fourth-order valence-corrected chi connectivity index (χ4v) is 3.21. The Hall–Kier alpha value is -3.35. The number of nitrogens with zero attached hydrogens (tertiary/aromatic N) is 2. The molecule has 2 heterocycles. The van der Waals surface area contributed by atoms with Gasteiger partial charge in [0.25, 0.3) is 0 Å². The largest absolute Gasteiger partial charge is 0.504 e. The molecular weight excluding hydrogens is 337 g/mol. The van der Waals surface area contributed by atoms with Crippen molar-refractivity contribution in [2.24, 2.45) is 0 Å². The number of aromatic hydroxyl groups is 1. The second-order valence-electron chi connectivity index (χ2n) is 6.07. The van der Waals surface area contributed by atoms with Gasteiger partial charge in [0, 0.05) is 17.9 Å². The molecule has 0 fully saturated rings. The Labute approximate surface area is 148 Å². The van der Waals surface area contributed by atoms with Crippen LogP contribution in [0.2, 0.25) is 0 Å². The van der Waals surface area contributed by atoms with Crippen molar-refractivity contribution in [2.75, 3.05) is 12.4 Å². The molecule has 2 aromatic carbocycles. The number of phenolic OH excluding ortho intramolecular Hbond substituents is 1. The van der Waals surface area contributed by atoms with E-state index in [4.69, 9.17) is 4.74 Å². The monoisotopic (exact) mass is 353 g/mol. The number of carbonyl (C=O) groups is 1. The van der Waals surface area contributed by atoms with Crippen LogP contribution in [0.15, 0.2) is 48.7 Å². The molecule has 1 aliphatic heterocycles. The van der Waals surface area contributed by atoms with Gasteiger partial charge >= 0.3 is 0 Å². The number of hydrogen-bond donors (Lipinski definition) is 2. The zero-order chi connectivity index (χ0) is 18.3. The molecule has 6 nitrogen and oxygen atoms in total. The number of halogens is 1. The molecule has 1 aliphatic rings. The van der Waals surface area contributed by atoms with Crippen LogP contribution in [-0.4, -0.2) is 27.9 Å². The zero-order valence-electron chi connectivity index (χ0n) is 13.9. The molecule has 0 bridgehead atoms. The van der Waals surface area contributed by atoms with Crippen molar-refractivity contribution < 1.29 is 19.0 Å². The van der Waals surface area contributed by atoms with Gasteiger partial charge in [0.15, 0.2) is 11.5 Å². The van der Waals surface area contributed by atoms with Gasteiger partial charge in [-0.3, -0.25) is 4.79 Å². The number of anilines is 1. The number of amides is 1. The van der Waals surface area contributed by atoms with Gasteiger partial charge in [0.1, 0.15) is 11.6 Å². The van der Waals surface area contributed by atoms with E-state index in [0.29, 0.717) is 17.3 Å². The number of carbonyl (C=O) groups excluding carboxylic acids is 1. The van der Waals surface area contributed by atoms with E-state index in [1.165, 1.54) is 19.2 Å². The highest BCUT2D eigenvalue weighted by Crippen LogP contribution is 2.40. The third-order valence-corrected chi connectivity index (χ3v) is 4.50. The maximum absolute atomic E-state index is 13.2. The molecule has 2 N–H and O–H groups in total. The van der Waals surface area contributed by atoms with Gasteiger partial charge in [0.2, 0.25) is 5.91 Å². The number of ether oxygens (including phenoxy) is 1. The molecule has 1 amide bonds. The van der Waals surface area contributed by atoms with E-state index < -0.39 is 0 Å². The fraction of sp³-hybridized carbons (Fsp3) is 0.158. The van der Waals surface area contributed by atoms with Crippen molar-refractivity contribution in [3.05, 3.63) is 65.6 Å². The summed E-state index contributed by atoms with van der Waals surface area (Å²) in [5, 5.41) is 17.0. The zero-order valence-corrected chi connectivity index (χ0v) is 13.9. The molecule has 0 saturated heterocycles. The van der Waals surface area contributed by atoms with Crippen molar-refractivity contribution in [1.29, 1.82) is 0 Å². The van der Waals surface area contributed by atoms with Crippen molar-refractivity contribution in [3.8, 4) is 17.2 Å². The number of nitrogens with one attached hydrogen (secondary N) is 1. The summed E-state index contributed by atoms with van der Waals surface area (Å²) in [5.74, 6) is 0.248. The van der Waals surface area contributed by atoms with Gasteiger partial charge in [-0.15, -0.1) is 0 Å². The van der Waals surface area contributed by atoms with Gasteiger partial charge in [-0.25, -0.2) is 9.07 Å². The lowest BCUT2D eigenvalue weighted by molar-refractivity contribution is -0.116. The van der Waals surface area contributed by atoms with Crippen molar-refractivity contribution >= 4 is 11.7 Å². The molecule has 4 rings (SSSR count). The lowest BCUT2D eigenvalue weighted by atomic mass is 9.87. The molecular formula is C19H16FN3O3. The van der Waals surface area contributed by atoms with E-state index in [1.807, 2.05) is 0 Å². The molecule has 0 unspecified atom stereocenters. The number of phenols is 1. The first kappa shape index (κ1) is 16.1. The highest BCUT2D eigenvalue weighted by molar-refractivity contribution is 5.94. The lowest BCUT2D eigenvalue weighted by Gasteiger charge is -2.24. The average molecular weight is 353 g/mol. The van der Waals surface area contributed by atoms with E-state index in [1.54, 1.807) is 41.2 Å². The van der Waals surface area contributed by atoms with Gasteiger partial charge in [-0.05, 0) is 42.0 Å². The molecule has 1 aromatic heterocycles. The summed E-state index contributed by atoms with van der Waals surface area (Å²) in [5.41, 5.74) is 2.34.